The molecule has 0 saturated carbocycles. The minimum atomic E-state index is -0.908. The van der Waals surface area contributed by atoms with Crippen molar-refractivity contribution in [3.05, 3.63) is 45.8 Å². The molecule has 2 aromatic rings. The van der Waals surface area contributed by atoms with Gasteiger partial charge in [0.1, 0.15) is 11.6 Å². The lowest BCUT2D eigenvalue weighted by atomic mass is 10.0. The Morgan fingerprint density at radius 3 is 2.73 bits per heavy atom. The van der Waals surface area contributed by atoms with E-state index in [4.69, 9.17) is 4.42 Å². The molecule has 1 unspecified atom stereocenters. The van der Waals surface area contributed by atoms with Crippen LogP contribution in [-0.2, 0) is 11.3 Å². The van der Waals surface area contributed by atoms with E-state index in [1.807, 2.05) is 26.8 Å². The third-order valence-electron chi connectivity index (χ3n) is 3.54. The van der Waals surface area contributed by atoms with Gasteiger partial charge in [-0.25, -0.2) is 0 Å². The topological polar surface area (TPSA) is 79.5 Å². The maximum absolute atomic E-state index is 12.4. The zero-order chi connectivity index (χ0) is 16.3. The Bertz CT molecular complexity index is 733. The van der Waals surface area contributed by atoms with Crippen LogP contribution >= 0.6 is 0 Å². The summed E-state index contributed by atoms with van der Waals surface area (Å²) in [6.45, 7) is 6.01. The molecule has 0 aliphatic carbocycles. The molecular formula is C17H21NO4. The Hall–Kier alpha value is -2.14. The van der Waals surface area contributed by atoms with E-state index in [0.717, 1.165) is 5.56 Å². The fourth-order valence-electron chi connectivity index (χ4n) is 2.38. The predicted octanol–water partition coefficient (Wildman–Crippen LogP) is 2.69. The second-order valence-electron chi connectivity index (χ2n) is 5.99. The lowest BCUT2D eigenvalue weighted by molar-refractivity contribution is -0.140. The molecule has 0 bridgehead atoms. The van der Waals surface area contributed by atoms with Gasteiger partial charge in [-0.15, -0.1) is 0 Å². The van der Waals surface area contributed by atoms with Crippen molar-refractivity contribution in [2.75, 3.05) is 0 Å². The van der Waals surface area contributed by atoms with Gasteiger partial charge in [-0.05, 0) is 31.4 Å². The molecule has 2 N–H and O–H groups in total. The van der Waals surface area contributed by atoms with Gasteiger partial charge in [0.15, 0.2) is 5.43 Å². The Kier molecular flexibility index (Phi) is 4.98. The van der Waals surface area contributed by atoms with Crippen LogP contribution in [0.1, 0.15) is 31.4 Å². The van der Waals surface area contributed by atoms with E-state index >= 15 is 0 Å². The molecule has 118 valence electrons. The SMILES string of the molecule is Cc1ccc2occ(CNC(CC(C)C)C(=O)O)c(=O)c2c1. The number of carboxylic acids is 1. The summed E-state index contributed by atoms with van der Waals surface area (Å²) < 4.78 is 5.47. The number of carboxylic acid groups (broad SMARTS) is 1. The second kappa shape index (κ2) is 6.75. The largest absolute Gasteiger partial charge is 0.480 e. The minimum absolute atomic E-state index is 0.119. The predicted molar refractivity (Wildman–Crippen MR) is 84.9 cm³/mol. The van der Waals surface area contributed by atoms with Crippen LogP contribution in [-0.4, -0.2) is 17.1 Å². The Balaban J connectivity index is 2.22. The molecule has 0 saturated heterocycles. The first kappa shape index (κ1) is 16.2. The van der Waals surface area contributed by atoms with E-state index in [-0.39, 0.29) is 17.9 Å². The third-order valence-corrected chi connectivity index (χ3v) is 3.54. The minimum Gasteiger partial charge on any atom is -0.480 e. The highest BCUT2D eigenvalue weighted by atomic mass is 16.4. The fourth-order valence-corrected chi connectivity index (χ4v) is 2.38. The van der Waals surface area contributed by atoms with Crippen molar-refractivity contribution in [3.63, 3.8) is 0 Å². The first-order chi connectivity index (χ1) is 10.4. The molecule has 1 heterocycles. The van der Waals surface area contributed by atoms with Gasteiger partial charge in [0, 0.05) is 12.1 Å². The number of aryl methyl sites for hydroxylation is 1. The van der Waals surface area contributed by atoms with Crippen LogP contribution in [0.3, 0.4) is 0 Å². The number of hydrogen-bond acceptors (Lipinski definition) is 4. The summed E-state index contributed by atoms with van der Waals surface area (Å²) >= 11 is 0. The zero-order valence-electron chi connectivity index (χ0n) is 13.1. The van der Waals surface area contributed by atoms with E-state index in [9.17, 15) is 14.7 Å². The van der Waals surface area contributed by atoms with Crippen LogP contribution < -0.4 is 10.7 Å². The maximum Gasteiger partial charge on any atom is 0.320 e. The van der Waals surface area contributed by atoms with Crippen molar-refractivity contribution in [2.45, 2.75) is 39.8 Å². The van der Waals surface area contributed by atoms with Gasteiger partial charge in [0.25, 0.3) is 0 Å². The second-order valence-corrected chi connectivity index (χ2v) is 5.99. The number of nitrogens with one attached hydrogen (secondary N) is 1. The van der Waals surface area contributed by atoms with E-state index in [2.05, 4.69) is 5.32 Å². The average Bonchev–Trinajstić information content (AvgIpc) is 2.45. The molecule has 0 amide bonds. The van der Waals surface area contributed by atoms with Crippen molar-refractivity contribution < 1.29 is 14.3 Å². The standard InChI is InChI=1S/C17H21NO4/c1-10(2)6-14(17(20)21)18-8-12-9-22-15-5-4-11(3)7-13(15)16(12)19/h4-5,7,9-10,14,18H,6,8H2,1-3H3,(H,20,21). The van der Waals surface area contributed by atoms with E-state index in [1.165, 1.54) is 6.26 Å². The Morgan fingerprint density at radius 1 is 1.36 bits per heavy atom. The van der Waals surface area contributed by atoms with E-state index < -0.39 is 12.0 Å². The summed E-state index contributed by atoms with van der Waals surface area (Å²) in [6.07, 6.45) is 1.91. The molecule has 0 radical (unpaired) electrons. The third kappa shape index (κ3) is 3.74. The van der Waals surface area contributed by atoms with Crippen molar-refractivity contribution in [3.8, 4) is 0 Å². The quantitative estimate of drug-likeness (QED) is 0.857. The fraction of sp³-hybridized carbons (Fsp3) is 0.412. The average molecular weight is 303 g/mol. The molecule has 5 heteroatoms. The summed E-state index contributed by atoms with van der Waals surface area (Å²) in [5.41, 5.74) is 1.84. The molecule has 0 aliphatic heterocycles. The van der Waals surface area contributed by atoms with Crippen molar-refractivity contribution in [1.82, 2.24) is 5.32 Å². The summed E-state index contributed by atoms with van der Waals surface area (Å²) in [6, 6.07) is 4.76. The highest BCUT2D eigenvalue weighted by molar-refractivity contribution is 5.77. The molecule has 0 fully saturated rings. The van der Waals surface area contributed by atoms with Gasteiger partial charge in [0.2, 0.25) is 0 Å². The summed E-state index contributed by atoms with van der Waals surface area (Å²) in [5.74, 6) is -0.654. The number of hydrogen-bond donors (Lipinski definition) is 2. The van der Waals surface area contributed by atoms with Gasteiger partial charge in [-0.2, -0.15) is 0 Å². The van der Waals surface area contributed by atoms with E-state index in [0.29, 0.717) is 23.0 Å². The molecule has 1 atom stereocenters. The molecular weight excluding hydrogens is 282 g/mol. The smallest absolute Gasteiger partial charge is 0.320 e. The summed E-state index contributed by atoms with van der Waals surface area (Å²) in [7, 11) is 0. The summed E-state index contributed by atoms with van der Waals surface area (Å²) in [4.78, 5) is 23.7. The van der Waals surface area contributed by atoms with Crippen molar-refractivity contribution in [1.29, 1.82) is 0 Å². The number of rotatable bonds is 6. The van der Waals surface area contributed by atoms with Crippen LogP contribution in [0, 0.1) is 12.8 Å². The Morgan fingerprint density at radius 2 is 2.09 bits per heavy atom. The van der Waals surface area contributed by atoms with Crippen LogP contribution in [0.5, 0.6) is 0 Å². The molecule has 22 heavy (non-hydrogen) atoms. The molecule has 5 nitrogen and oxygen atoms in total. The molecule has 1 aromatic heterocycles. The summed E-state index contributed by atoms with van der Waals surface area (Å²) in [5, 5.41) is 12.7. The van der Waals surface area contributed by atoms with Gasteiger partial charge < -0.3 is 14.8 Å². The molecule has 0 spiro atoms. The highest BCUT2D eigenvalue weighted by Gasteiger charge is 2.19. The lowest BCUT2D eigenvalue weighted by Crippen LogP contribution is -2.38. The van der Waals surface area contributed by atoms with Crippen LogP contribution in [0.2, 0.25) is 0 Å². The van der Waals surface area contributed by atoms with Crippen LogP contribution in [0.25, 0.3) is 11.0 Å². The van der Waals surface area contributed by atoms with Crippen LogP contribution in [0.4, 0.5) is 0 Å². The zero-order valence-corrected chi connectivity index (χ0v) is 13.1. The highest BCUT2D eigenvalue weighted by Crippen LogP contribution is 2.13. The normalized spacial score (nSPS) is 12.7. The van der Waals surface area contributed by atoms with Crippen molar-refractivity contribution in [2.24, 2.45) is 5.92 Å². The first-order valence-electron chi connectivity index (χ1n) is 7.35. The number of carbonyl (C=O) groups is 1. The van der Waals surface area contributed by atoms with Gasteiger partial charge in [-0.1, -0.05) is 25.5 Å². The molecule has 1 aromatic carbocycles. The number of aliphatic carboxylic acids is 1. The number of benzene rings is 1. The van der Waals surface area contributed by atoms with Crippen molar-refractivity contribution >= 4 is 16.9 Å². The first-order valence-corrected chi connectivity index (χ1v) is 7.35. The van der Waals surface area contributed by atoms with Crippen LogP contribution in [0.15, 0.2) is 33.7 Å². The Labute approximate surface area is 129 Å². The van der Waals surface area contributed by atoms with Gasteiger partial charge in [0.05, 0.1) is 11.6 Å². The lowest BCUT2D eigenvalue weighted by Gasteiger charge is -2.16. The molecule has 0 aliphatic rings. The maximum atomic E-state index is 12.4. The van der Waals surface area contributed by atoms with Gasteiger partial charge in [-0.3, -0.25) is 9.59 Å². The van der Waals surface area contributed by atoms with E-state index in [1.54, 1.807) is 12.1 Å². The molecule has 2 rings (SSSR count). The van der Waals surface area contributed by atoms with Gasteiger partial charge >= 0.3 is 5.97 Å². The number of fused-ring (bicyclic) bond motifs is 1. The monoisotopic (exact) mass is 303 g/mol.